The zero-order valence-electron chi connectivity index (χ0n) is 8.74. The van der Waals surface area contributed by atoms with Crippen molar-refractivity contribution >= 4 is 7.82 Å². The van der Waals surface area contributed by atoms with Crippen LogP contribution in [0.4, 0.5) is 0 Å². The molecule has 6 nitrogen and oxygen atoms in total. The molecule has 0 aromatic carbocycles. The van der Waals surface area contributed by atoms with E-state index in [1.54, 1.807) is 0 Å². The first kappa shape index (κ1) is 13.1. The maximum absolute atomic E-state index is 10.6. The molecule has 1 rings (SSSR count). The molecule has 7 heteroatoms. The number of hydrogen-bond acceptors (Lipinski definition) is 4. The molecule has 15 heavy (non-hydrogen) atoms. The van der Waals surface area contributed by atoms with Gasteiger partial charge in [0.1, 0.15) is 6.23 Å². The van der Waals surface area contributed by atoms with Gasteiger partial charge in [0.05, 0.1) is 6.10 Å². The number of phosphoric ester groups is 1. The fourth-order valence-electron chi connectivity index (χ4n) is 1.73. The van der Waals surface area contributed by atoms with Gasteiger partial charge in [-0.2, -0.15) is 0 Å². The highest BCUT2D eigenvalue weighted by Gasteiger charge is 2.28. The molecule has 90 valence electrons. The van der Waals surface area contributed by atoms with Gasteiger partial charge in [0.15, 0.2) is 0 Å². The van der Waals surface area contributed by atoms with Crippen molar-refractivity contribution < 1.29 is 24.0 Å². The van der Waals surface area contributed by atoms with Crippen LogP contribution in [0.15, 0.2) is 0 Å². The van der Waals surface area contributed by atoms with Gasteiger partial charge < -0.3 is 14.9 Å². The van der Waals surface area contributed by atoms with E-state index < -0.39 is 20.2 Å². The number of rotatable bonds is 4. The topological polar surface area (TPSA) is 90.2 Å². The van der Waals surface area contributed by atoms with Gasteiger partial charge in [-0.25, -0.2) is 4.57 Å². The summed E-state index contributed by atoms with van der Waals surface area (Å²) in [7, 11) is -4.37. The molecule has 1 atom stereocenters. The molecule has 1 aliphatic heterocycles. The van der Waals surface area contributed by atoms with Gasteiger partial charge >= 0.3 is 7.82 Å². The van der Waals surface area contributed by atoms with Crippen LogP contribution in [0.25, 0.3) is 0 Å². The van der Waals surface area contributed by atoms with Crippen molar-refractivity contribution in [3.8, 4) is 0 Å². The molecular weight excluding hydrogens is 221 g/mol. The van der Waals surface area contributed by atoms with Crippen LogP contribution in [-0.2, 0) is 9.09 Å². The molecule has 1 aliphatic rings. The summed E-state index contributed by atoms with van der Waals surface area (Å²) < 4.78 is 15.2. The van der Waals surface area contributed by atoms with Gasteiger partial charge in [0.25, 0.3) is 0 Å². The lowest BCUT2D eigenvalue weighted by atomic mass is 10.1. The van der Waals surface area contributed by atoms with Crippen LogP contribution in [0.5, 0.6) is 0 Å². The predicted molar refractivity (Wildman–Crippen MR) is 54.0 cm³/mol. The number of aliphatic hydroxyl groups is 1. The van der Waals surface area contributed by atoms with E-state index in [1.807, 2.05) is 11.8 Å². The second kappa shape index (κ2) is 5.39. The molecule has 0 bridgehead atoms. The first-order chi connectivity index (χ1) is 6.92. The summed E-state index contributed by atoms with van der Waals surface area (Å²) in [5.74, 6) is 0. The molecule has 0 aromatic heterocycles. The van der Waals surface area contributed by atoms with Crippen LogP contribution >= 0.6 is 7.82 Å². The van der Waals surface area contributed by atoms with Crippen molar-refractivity contribution in [3.05, 3.63) is 0 Å². The lowest BCUT2D eigenvalue weighted by Crippen LogP contribution is -2.42. The van der Waals surface area contributed by atoms with Crippen LogP contribution in [-0.4, -0.2) is 45.2 Å². The Morgan fingerprint density at radius 1 is 1.47 bits per heavy atom. The van der Waals surface area contributed by atoms with E-state index in [1.165, 1.54) is 0 Å². The molecule has 1 saturated heterocycles. The quantitative estimate of drug-likeness (QED) is 0.611. The van der Waals surface area contributed by atoms with E-state index in [2.05, 4.69) is 4.52 Å². The third-order valence-corrected chi connectivity index (χ3v) is 3.12. The molecule has 0 radical (unpaired) electrons. The average molecular weight is 239 g/mol. The summed E-state index contributed by atoms with van der Waals surface area (Å²) in [5.41, 5.74) is 0. The molecule has 0 spiro atoms. The summed E-state index contributed by atoms with van der Waals surface area (Å²) in [6.07, 6.45) is 0.890. The van der Waals surface area contributed by atoms with E-state index in [0.717, 1.165) is 0 Å². The summed E-state index contributed by atoms with van der Waals surface area (Å²) in [6, 6.07) is 0. The largest absolute Gasteiger partial charge is 0.469 e. The number of phosphoric acid groups is 1. The summed E-state index contributed by atoms with van der Waals surface area (Å²) >= 11 is 0. The standard InChI is InChI=1S/C8H18NO5P/c1-2-8(10)9-5-3-7(4-6-9)14-15(11,12)13/h7-8,10H,2-6H2,1H3,(H2,11,12,13). The fraction of sp³-hybridized carbons (Fsp3) is 1.00. The molecule has 1 fully saturated rings. The Labute approximate surface area is 89.1 Å². The third kappa shape index (κ3) is 4.59. The summed E-state index contributed by atoms with van der Waals surface area (Å²) in [5, 5.41) is 9.53. The minimum absolute atomic E-state index is 0.397. The summed E-state index contributed by atoms with van der Waals surface area (Å²) in [4.78, 5) is 19.1. The van der Waals surface area contributed by atoms with E-state index in [9.17, 15) is 9.67 Å². The Kier molecular flexibility index (Phi) is 4.70. The van der Waals surface area contributed by atoms with Gasteiger partial charge in [-0.1, -0.05) is 6.92 Å². The van der Waals surface area contributed by atoms with E-state index >= 15 is 0 Å². The van der Waals surface area contributed by atoms with Crippen molar-refractivity contribution in [1.29, 1.82) is 0 Å². The van der Waals surface area contributed by atoms with Crippen LogP contribution < -0.4 is 0 Å². The molecule has 1 heterocycles. The highest BCUT2D eigenvalue weighted by molar-refractivity contribution is 7.46. The van der Waals surface area contributed by atoms with E-state index in [4.69, 9.17) is 9.79 Å². The number of aliphatic hydroxyl groups excluding tert-OH is 1. The normalized spacial score (nSPS) is 22.9. The second-order valence-electron chi connectivity index (χ2n) is 3.72. The average Bonchev–Trinajstić information content (AvgIpc) is 2.15. The van der Waals surface area contributed by atoms with Gasteiger partial charge in [0, 0.05) is 13.1 Å². The van der Waals surface area contributed by atoms with Gasteiger partial charge in [0.2, 0.25) is 0 Å². The molecule has 0 aliphatic carbocycles. The SMILES string of the molecule is CCC(O)N1CCC(OP(=O)(O)O)CC1. The Bertz CT molecular complexity index is 235. The Hall–Kier alpha value is 0.0300. The van der Waals surface area contributed by atoms with Crippen molar-refractivity contribution in [1.82, 2.24) is 4.90 Å². The fourth-order valence-corrected chi connectivity index (χ4v) is 2.33. The highest BCUT2D eigenvalue weighted by atomic mass is 31.2. The maximum Gasteiger partial charge on any atom is 0.469 e. The van der Waals surface area contributed by atoms with E-state index in [0.29, 0.717) is 32.4 Å². The van der Waals surface area contributed by atoms with Crippen molar-refractivity contribution in [2.75, 3.05) is 13.1 Å². The minimum Gasteiger partial charge on any atom is -0.378 e. The molecular formula is C8H18NO5P. The molecule has 0 saturated carbocycles. The van der Waals surface area contributed by atoms with Gasteiger partial charge in [-0.15, -0.1) is 0 Å². The monoisotopic (exact) mass is 239 g/mol. The lowest BCUT2D eigenvalue weighted by molar-refractivity contribution is -0.0332. The lowest BCUT2D eigenvalue weighted by Gasteiger charge is -2.34. The summed E-state index contributed by atoms with van der Waals surface area (Å²) in [6.45, 7) is 3.11. The number of likely N-dealkylation sites (tertiary alicyclic amines) is 1. The van der Waals surface area contributed by atoms with Crippen molar-refractivity contribution in [3.63, 3.8) is 0 Å². The van der Waals surface area contributed by atoms with Crippen LogP contribution in [0.1, 0.15) is 26.2 Å². The predicted octanol–water partition coefficient (Wildman–Crippen LogP) is 0.289. The van der Waals surface area contributed by atoms with Crippen molar-refractivity contribution in [2.24, 2.45) is 0 Å². The van der Waals surface area contributed by atoms with Crippen LogP contribution in [0.3, 0.4) is 0 Å². The molecule has 0 aromatic rings. The van der Waals surface area contributed by atoms with E-state index in [-0.39, 0.29) is 0 Å². The Morgan fingerprint density at radius 2 is 2.00 bits per heavy atom. The van der Waals surface area contributed by atoms with Crippen molar-refractivity contribution in [2.45, 2.75) is 38.5 Å². The van der Waals surface area contributed by atoms with Gasteiger partial charge in [-0.3, -0.25) is 9.42 Å². The molecule has 0 amide bonds. The zero-order chi connectivity index (χ0) is 11.5. The van der Waals surface area contributed by atoms with Gasteiger partial charge in [-0.05, 0) is 19.3 Å². The maximum atomic E-state index is 10.6. The second-order valence-corrected chi connectivity index (χ2v) is 4.91. The van der Waals surface area contributed by atoms with Crippen LogP contribution in [0.2, 0.25) is 0 Å². The molecule has 3 N–H and O–H groups in total. The first-order valence-electron chi connectivity index (χ1n) is 5.08. The number of nitrogens with zero attached hydrogens (tertiary/aromatic N) is 1. The smallest absolute Gasteiger partial charge is 0.378 e. The first-order valence-corrected chi connectivity index (χ1v) is 6.61. The third-order valence-electron chi connectivity index (χ3n) is 2.55. The van der Waals surface area contributed by atoms with Crippen LogP contribution in [0, 0.1) is 0 Å². The Morgan fingerprint density at radius 3 is 2.40 bits per heavy atom. The number of hydrogen-bond donors (Lipinski definition) is 3. The number of piperidine rings is 1. The minimum atomic E-state index is -4.37. The zero-order valence-corrected chi connectivity index (χ0v) is 9.64. The highest BCUT2D eigenvalue weighted by Crippen LogP contribution is 2.39. The molecule has 1 unspecified atom stereocenters. The Balaban J connectivity index is 2.33.